The van der Waals surface area contributed by atoms with Crippen molar-refractivity contribution in [2.45, 2.75) is 6.61 Å². The maximum atomic E-state index is 10.5. The molecule has 0 saturated heterocycles. The van der Waals surface area contributed by atoms with E-state index in [1.807, 2.05) is 0 Å². The summed E-state index contributed by atoms with van der Waals surface area (Å²) >= 11 is 0. The molecule has 0 unspecified atom stereocenters. The molecule has 0 amide bonds. The van der Waals surface area contributed by atoms with Gasteiger partial charge in [-0.3, -0.25) is 10.1 Å². The zero-order valence-electron chi connectivity index (χ0n) is 7.19. The number of nitro groups is 1. The molecule has 5 heteroatoms. The van der Waals surface area contributed by atoms with Crippen molar-refractivity contribution < 1.29 is 9.66 Å². The Morgan fingerprint density at radius 3 is 2.85 bits per heavy atom. The van der Waals surface area contributed by atoms with Crippen LogP contribution in [0.4, 0.5) is 11.4 Å². The monoisotopic (exact) mass is 182 g/mol. The Morgan fingerprint density at radius 2 is 2.31 bits per heavy atom. The van der Waals surface area contributed by atoms with Crippen LogP contribution in [0.5, 0.6) is 0 Å². The number of ether oxygens (including phenoxy) is 1. The maximum Gasteiger partial charge on any atom is 0.275 e. The van der Waals surface area contributed by atoms with Crippen LogP contribution in [-0.2, 0) is 11.3 Å². The number of nitrogen functional groups attached to an aromatic ring is 1. The van der Waals surface area contributed by atoms with Crippen molar-refractivity contribution in [2.24, 2.45) is 0 Å². The summed E-state index contributed by atoms with van der Waals surface area (Å²) in [4.78, 5) is 10.1. The summed E-state index contributed by atoms with van der Waals surface area (Å²) in [6.07, 6.45) is 0. The molecule has 5 nitrogen and oxygen atoms in total. The Hall–Kier alpha value is -1.62. The molecule has 1 rings (SSSR count). The lowest BCUT2D eigenvalue weighted by Gasteiger charge is -2.02. The van der Waals surface area contributed by atoms with Crippen LogP contribution < -0.4 is 5.73 Å². The summed E-state index contributed by atoms with van der Waals surface area (Å²) in [5.74, 6) is 0. The van der Waals surface area contributed by atoms with Crippen LogP contribution in [0.25, 0.3) is 0 Å². The zero-order chi connectivity index (χ0) is 9.84. The van der Waals surface area contributed by atoms with Crippen molar-refractivity contribution in [1.82, 2.24) is 0 Å². The summed E-state index contributed by atoms with van der Waals surface area (Å²) < 4.78 is 4.81. The number of hydrogen-bond acceptors (Lipinski definition) is 4. The summed E-state index contributed by atoms with van der Waals surface area (Å²) in [5.41, 5.74) is 6.51. The predicted octanol–water partition coefficient (Wildman–Crippen LogP) is 1.32. The van der Waals surface area contributed by atoms with Gasteiger partial charge in [0.15, 0.2) is 0 Å². The molecule has 0 spiro atoms. The molecule has 70 valence electrons. The smallest absolute Gasteiger partial charge is 0.275 e. The van der Waals surface area contributed by atoms with Gasteiger partial charge in [-0.05, 0) is 12.1 Å². The van der Waals surface area contributed by atoms with Crippen LogP contribution in [0, 0.1) is 10.1 Å². The van der Waals surface area contributed by atoms with Gasteiger partial charge < -0.3 is 10.5 Å². The molecule has 0 aliphatic heterocycles. The van der Waals surface area contributed by atoms with Crippen LogP contribution in [0.1, 0.15) is 5.56 Å². The fourth-order valence-corrected chi connectivity index (χ4v) is 1.05. The van der Waals surface area contributed by atoms with E-state index in [0.717, 1.165) is 0 Å². The summed E-state index contributed by atoms with van der Waals surface area (Å²) in [6, 6.07) is 4.42. The topological polar surface area (TPSA) is 78.4 Å². The highest BCUT2D eigenvalue weighted by Crippen LogP contribution is 2.21. The van der Waals surface area contributed by atoms with E-state index < -0.39 is 4.92 Å². The number of rotatable bonds is 3. The summed E-state index contributed by atoms with van der Waals surface area (Å²) in [5, 5.41) is 10.5. The Bertz CT molecular complexity index is 325. The van der Waals surface area contributed by atoms with E-state index in [9.17, 15) is 10.1 Å². The van der Waals surface area contributed by atoms with Gasteiger partial charge in [0.1, 0.15) is 0 Å². The van der Waals surface area contributed by atoms with Crippen molar-refractivity contribution in [3.8, 4) is 0 Å². The highest BCUT2D eigenvalue weighted by Gasteiger charge is 2.12. The van der Waals surface area contributed by atoms with Crippen LogP contribution in [0.3, 0.4) is 0 Å². The normalized spacial score (nSPS) is 9.92. The minimum absolute atomic E-state index is 0.0380. The number of nitrogens with zero attached hydrogens (tertiary/aromatic N) is 1. The van der Waals surface area contributed by atoms with Crippen molar-refractivity contribution in [2.75, 3.05) is 12.8 Å². The zero-order valence-corrected chi connectivity index (χ0v) is 7.19. The number of nitro benzene ring substituents is 1. The Labute approximate surface area is 75.3 Å². The Kier molecular flexibility index (Phi) is 2.81. The van der Waals surface area contributed by atoms with Gasteiger partial charge in [0.25, 0.3) is 5.69 Å². The number of nitrogens with two attached hydrogens (primary N) is 1. The highest BCUT2D eigenvalue weighted by atomic mass is 16.6. The average molecular weight is 182 g/mol. The SMILES string of the molecule is COCc1cc(N)ccc1[N+](=O)[O-]. The van der Waals surface area contributed by atoms with Crippen LogP contribution >= 0.6 is 0 Å². The van der Waals surface area contributed by atoms with Crippen LogP contribution in [0.2, 0.25) is 0 Å². The minimum Gasteiger partial charge on any atom is -0.399 e. The Balaban J connectivity index is 3.10. The lowest BCUT2D eigenvalue weighted by Crippen LogP contribution is -1.98. The van der Waals surface area contributed by atoms with Gasteiger partial charge in [-0.25, -0.2) is 0 Å². The molecule has 2 N–H and O–H groups in total. The van der Waals surface area contributed by atoms with Gasteiger partial charge in [-0.1, -0.05) is 0 Å². The van der Waals surface area contributed by atoms with E-state index >= 15 is 0 Å². The molecule has 0 aliphatic rings. The van der Waals surface area contributed by atoms with Gasteiger partial charge in [-0.2, -0.15) is 0 Å². The standard InChI is InChI=1S/C8H10N2O3/c1-13-5-6-4-7(9)2-3-8(6)10(11)12/h2-4H,5,9H2,1H3. The molecule has 13 heavy (non-hydrogen) atoms. The first-order valence-electron chi connectivity index (χ1n) is 3.67. The number of anilines is 1. The van der Waals surface area contributed by atoms with E-state index in [1.165, 1.54) is 19.2 Å². The number of benzene rings is 1. The highest BCUT2D eigenvalue weighted by molar-refractivity contribution is 5.51. The van der Waals surface area contributed by atoms with E-state index in [1.54, 1.807) is 6.07 Å². The second kappa shape index (κ2) is 3.86. The largest absolute Gasteiger partial charge is 0.399 e. The third-order valence-corrected chi connectivity index (χ3v) is 1.60. The molecule has 0 atom stereocenters. The van der Waals surface area contributed by atoms with Crippen molar-refractivity contribution in [1.29, 1.82) is 0 Å². The second-order valence-electron chi connectivity index (χ2n) is 2.58. The molecular weight excluding hydrogens is 172 g/mol. The van der Waals surface area contributed by atoms with E-state index in [0.29, 0.717) is 11.3 Å². The third-order valence-electron chi connectivity index (χ3n) is 1.60. The molecule has 0 radical (unpaired) electrons. The summed E-state index contributed by atoms with van der Waals surface area (Å²) in [7, 11) is 1.48. The fourth-order valence-electron chi connectivity index (χ4n) is 1.05. The Morgan fingerprint density at radius 1 is 1.62 bits per heavy atom. The first-order valence-corrected chi connectivity index (χ1v) is 3.67. The first kappa shape index (κ1) is 9.47. The third kappa shape index (κ3) is 2.16. The quantitative estimate of drug-likeness (QED) is 0.434. The van der Waals surface area contributed by atoms with Gasteiger partial charge >= 0.3 is 0 Å². The number of hydrogen-bond donors (Lipinski definition) is 1. The van der Waals surface area contributed by atoms with Crippen LogP contribution in [-0.4, -0.2) is 12.0 Å². The second-order valence-corrected chi connectivity index (χ2v) is 2.58. The molecule has 0 heterocycles. The van der Waals surface area contributed by atoms with Gasteiger partial charge in [0.05, 0.1) is 17.1 Å². The molecule has 0 fully saturated rings. The molecule has 0 aliphatic carbocycles. The van der Waals surface area contributed by atoms with E-state index in [4.69, 9.17) is 10.5 Å². The summed E-state index contributed by atoms with van der Waals surface area (Å²) in [6.45, 7) is 0.196. The molecular formula is C8H10N2O3. The number of methoxy groups -OCH3 is 1. The lowest BCUT2D eigenvalue weighted by atomic mass is 10.2. The van der Waals surface area contributed by atoms with Gasteiger partial charge in [0, 0.05) is 18.9 Å². The molecule has 0 aromatic heterocycles. The molecule has 1 aromatic carbocycles. The van der Waals surface area contributed by atoms with Gasteiger partial charge in [0.2, 0.25) is 0 Å². The predicted molar refractivity (Wildman–Crippen MR) is 48.2 cm³/mol. The maximum absolute atomic E-state index is 10.5. The molecule has 0 bridgehead atoms. The molecule has 0 saturated carbocycles. The molecule has 1 aromatic rings. The van der Waals surface area contributed by atoms with Crippen LogP contribution in [0.15, 0.2) is 18.2 Å². The fraction of sp³-hybridized carbons (Fsp3) is 0.250. The van der Waals surface area contributed by atoms with E-state index in [2.05, 4.69) is 0 Å². The average Bonchev–Trinajstić information content (AvgIpc) is 2.04. The van der Waals surface area contributed by atoms with Crippen molar-refractivity contribution in [3.05, 3.63) is 33.9 Å². The minimum atomic E-state index is -0.451. The van der Waals surface area contributed by atoms with E-state index in [-0.39, 0.29) is 12.3 Å². The van der Waals surface area contributed by atoms with Crippen molar-refractivity contribution in [3.63, 3.8) is 0 Å². The van der Waals surface area contributed by atoms with Crippen molar-refractivity contribution >= 4 is 11.4 Å². The lowest BCUT2D eigenvalue weighted by molar-refractivity contribution is -0.385. The first-order chi connectivity index (χ1) is 6.15. The van der Waals surface area contributed by atoms with Gasteiger partial charge in [-0.15, -0.1) is 0 Å².